The lowest BCUT2D eigenvalue weighted by Crippen LogP contribution is -2.18. The summed E-state index contributed by atoms with van der Waals surface area (Å²) in [6.07, 6.45) is -1.14. The SMILES string of the molecule is COCC(O)CC(=O)O. The minimum atomic E-state index is -1.01. The summed E-state index contributed by atoms with van der Waals surface area (Å²) < 4.78 is 4.49. The van der Waals surface area contributed by atoms with E-state index in [-0.39, 0.29) is 13.0 Å². The Hall–Kier alpha value is -0.610. The van der Waals surface area contributed by atoms with Gasteiger partial charge in [-0.3, -0.25) is 4.79 Å². The zero-order valence-electron chi connectivity index (χ0n) is 5.20. The summed E-state index contributed by atoms with van der Waals surface area (Å²) >= 11 is 0. The number of rotatable bonds is 4. The standard InChI is InChI=1S/C5H10O4/c1-9-3-4(6)2-5(7)8/h4,6H,2-3H2,1H3,(H,7,8). The van der Waals surface area contributed by atoms with E-state index in [1.54, 1.807) is 0 Å². The molecule has 0 amide bonds. The van der Waals surface area contributed by atoms with Crippen molar-refractivity contribution in [2.24, 2.45) is 0 Å². The summed E-state index contributed by atoms with van der Waals surface area (Å²) in [4.78, 5) is 9.87. The summed E-state index contributed by atoms with van der Waals surface area (Å²) in [5, 5.41) is 16.8. The van der Waals surface area contributed by atoms with Gasteiger partial charge in [0.15, 0.2) is 0 Å². The van der Waals surface area contributed by atoms with Crippen LogP contribution in [-0.4, -0.2) is 36.0 Å². The normalized spacial score (nSPS) is 13.1. The highest BCUT2D eigenvalue weighted by atomic mass is 16.5. The number of aliphatic carboxylic acids is 1. The number of aliphatic hydroxyl groups is 1. The van der Waals surface area contributed by atoms with Crippen LogP contribution in [0.2, 0.25) is 0 Å². The summed E-state index contributed by atoms with van der Waals surface area (Å²) in [6.45, 7) is 0.0757. The van der Waals surface area contributed by atoms with E-state index in [2.05, 4.69) is 4.74 Å². The van der Waals surface area contributed by atoms with Crippen LogP contribution < -0.4 is 0 Å². The third kappa shape index (κ3) is 5.26. The molecule has 4 heteroatoms. The third-order valence-corrected chi connectivity index (χ3v) is 0.769. The van der Waals surface area contributed by atoms with Gasteiger partial charge in [0.25, 0.3) is 0 Å². The molecule has 54 valence electrons. The van der Waals surface area contributed by atoms with E-state index in [1.807, 2.05) is 0 Å². The van der Waals surface area contributed by atoms with Crippen LogP contribution in [0.5, 0.6) is 0 Å². The lowest BCUT2D eigenvalue weighted by atomic mass is 10.3. The fraction of sp³-hybridized carbons (Fsp3) is 0.800. The number of methoxy groups -OCH3 is 1. The van der Waals surface area contributed by atoms with Gasteiger partial charge in [0.05, 0.1) is 19.1 Å². The zero-order valence-corrected chi connectivity index (χ0v) is 5.20. The zero-order chi connectivity index (χ0) is 7.28. The maximum atomic E-state index is 9.87. The molecule has 0 aromatic rings. The smallest absolute Gasteiger partial charge is 0.306 e. The maximum Gasteiger partial charge on any atom is 0.306 e. The topological polar surface area (TPSA) is 66.8 Å². The van der Waals surface area contributed by atoms with Gasteiger partial charge in [0.2, 0.25) is 0 Å². The molecule has 1 unspecified atom stereocenters. The van der Waals surface area contributed by atoms with E-state index in [0.29, 0.717) is 0 Å². The van der Waals surface area contributed by atoms with Gasteiger partial charge in [-0.05, 0) is 0 Å². The van der Waals surface area contributed by atoms with Gasteiger partial charge in [0, 0.05) is 7.11 Å². The van der Waals surface area contributed by atoms with Crippen molar-refractivity contribution in [3.63, 3.8) is 0 Å². The molecule has 2 N–H and O–H groups in total. The average Bonchev–Trinajstić information content (AvgIpc) is 1.63. The van der Waals surface area contributed by atoms with Crippen LogP contribution in [0.3, 0.4) is 0 Å². The van der Waals surface area contributed by atoms with Crippen molar-refractivity contribution in [1.29, 1.82) is 0 Å². The Morgan fingerprint density at radius 3 is 2.67 bits per heavy atom. The van der Waals surface area contributed by atoms with Crippen LogP contribution in [0.15, 0.2) is 0 Å². The molecule has 0 aromatic carbocycles. The predicted molar refractivity (Wildman–Crippen MR) is 30.1 cm³/mol. The Balaban J connectivity index is 3.26. The minimum Gasteiger partial charge on any atom is -0.481 e. The Morgan fingerprint density at radius 2 is 2.33 bits per heavy atom. The molecule has 0 radical (unpaired) electrons. The molecular formula is C5H10O4. The second-order valence-electron chi connectivity index (χ2n) is 1.71. The molecule has 4 nitrogen and oxygen atoms in total. The van der Waals surface area contributed by atoms with Gasteiger partial charge in [-0.25, -0.2) is 0 Å². The van der Waals surface area contributed by atoms with Crippen molar-refractivity contribution in [3.05, 3.63) is 0 Å². The molecule has 0 saturated heterocycles. The molecule has 0 rings (SSSR count). The molecule has 0 heterocycles. The summed E-state index contributed by atoms with van der Waals surface area (Å²) in [7, 11) is 1.41. The first-order chi connectivity index (χ1) is 4.16. The van der Waals surface area contributed by atoms with Gasteiger partial charge in [-0.2, -0.15) is 0 Å². The first-order valence-electron chi connectivity index (χ1n) is 2.55. The predicted octanol–water partition coefficient (Wildman–Crippen LogP) is -0.532. The third-order valence-electron chi connectivity index (χ3n) is 0.769. The lowest BCUT2D eigenvalue weighted by molar-refractivity contribution is -0.139. The average molecular weight is 134 g/mol. The van der Waals surface area contributed by atoms with Crippen molar-refractivity contribution in [2.75, 3.05) is 13.7 Å². The molecule has 0 spiro atoms. The minimum absolute atomic E-state index is 0.0757. The molecule has 0 aliphatic rings. The second-order valence-corrected chi connectivity index (χ2v) is 1.71. The molecule has 1 atom stereocenters. The van der Waals surface area contributed by atoms with Gasteiger partial charge in [-0.15, -0.1) is 0 Å². The number of aliphatic hydroxyl groups excluding tert-OH is 1. The Labute approximate surface area is 53.1 Å². The molecule has 0 bridgehead atoms. The van der Waals surface area contributed by atoms with E-state index in [0.717, 1.165) is 0 Å². The first-order valence-corrected chi connectivity index (χ1v) is 2.55. The van der Waals surface area contributed by atoms with Gasteiger partial charge in [0.1, 0.15) is 0 Å². The fourth-order valence-corrected chi connectivity index (χ4v) is 0.453. The van der Waals surface area contributed by atoms with Crippen LogP contribution in [0.1, 0.15) is 6.42 Å². The number of hydrogen-bond donors (Lipinski definition) is 2. The summed E-state index contributed by atoms with van der Waals surface area (Å²) in [6, 6.07) is 0. The number of carbonyl (C=O) groups is 1. The van der Waals surface area contributed by atoms with Crippen LogP contribution in [0.25, 0.3) is 0 Å². The molecule has 0 aliphatic carbocycles. The summed E-state index contributed by atoms with van der Waals surface area (Å²) in [5.74, 6) is -1.01. The fourth-order valence-electron chi connectivity index (χ4n) is 0.453. The number of carboxylic acids is 1. The molecule has 0 aliphatic heterocycles. The Bertz CT molecular complexity index is 91.0. The van der Waals surface area contributed by atoms with Crippen molar-refractivity contribution >= 4 is 5.97 Å². The highest BCUT2D eigenvalue weighted by Crippen LogP contribution is 1.90. The summed E-state index contributed by atoms with van der Waals surface area (Å²) in [5.41, 5.74) is 0. The van der Waals surface area contributed by atoms with Crippen LogP contribution in [0, 0.1) is 0 Å². The molecule has 0 saturated carbocycles. The first kappa shape index (κ1) is 8.39. The Morgan fingerprint density at radius 1 is 1.78 bits per heavy atom. The van der Waals surface area contributed by atoms with Gasteiger partial charge >= 0.3 is 5.97 Å². The lowest BCUT2D eigenvalue weighted by Gasteiger charge is -2.03. The van der Waals surface area contributed by atoms with Crippen molar-refractivity contribution in [3.8, 4) is 0 Å². The van der Waals surface area contributed by atoms with Gasteiger partial charge < -0.3 is 14.9 Å². The molecule has 9 heavy (non-hydrogen) atoms. The molecular weight excluding hydrogens is 124 g/mol. The highest BCUT2D eigenvalue weighted by molar-refractivity contribution is 5.67. The molecule has 0 fully saturated rings. The van der Waals surface area contributed by atoms with E-state index >= 15 is 0 Å². The monoisotopic (exact) mass is 134 g/mol. The second kappa shape index (κ2) is 4.29. The van der Waals surface area contributed by atoms with Gasteiger partial charge in [-0.1, -0.05) is 0 Å². The number of ether oxygens (including phenoxy) is 1. The van der Waals surface area contributed by atoms with Crippen LogP contribution in [-0.2, 0) is 9.53 Å². The quantitative estimate of drug-likeness (QED) is 0.542. The highest BCUT2D eigenvalue weighted by Gasteiger charge is 2.07. The van der Waals surface area contributed by atoms with E-state index in [9.17, 15) is 4.79 Å². The number of carboxylic acid groups (broad SMARTS) is 1. The van der Waals surface area contributed by atoms with E-state index in [4.69, 9.17) is 10.2 Å². The largest absolute Gasteiger partial charge is 0.481 e. The van der Waals surface area contributed by atoms with Crippen molar-refractivity contribution in [2.45, 2.75) is 12.5 Å². The van der Waals surface area contributed by atoms with E-state index < -0.39 is 12.1 Å². The van der Waals surface area contributed by atoms with Crippen LogP contribution >= 0.6 is 0 Å². The van der Waals surface area contributed by atoms with Crippen molar-refractivity contribution in [1.82, 2.24) is 0 Å². The van der Waals surface area contributed by atoms with E-state index in [1.165, 1.54) is 7.11 Å². The Kier molecular flexibility index (Phi) is 4.00. The van der Waals surface area contributed by atoms with Crippen molar-refractivity contribution < 1.29 is 19.7 Å². The van der Waals surface area contributed by atoms with Crippen LogP contribution in [0.4, 0.5) is 0 Å². The maximum absolute atomic E-state index is 9.87. The number of hydrogen-bond acceptors (Lipinski definition) is 3. The molecule has 0 aromatic heterocycles.